The van der Waals surface area contributed by atoms with Gasteiger partial charge in [-0.15, -0.1) is 0 Å². The van der Waals surface area contributed by atoms with E-state index in [9.17, 15) is 19.0 Å². The summed E-state index contributed by atoms with van der Waals surface area (Å²) in [5, 5.41) is 2.64. The SMILES string of the molecule is COC[C@H]1O[C@@H](n2cnc3c(N)ncnc32)[C@H](OC)[C@@H]1CC(=O)NC[C@H]1O[C@@H](n2ccc(N)nc2=O)[C@H](F)[C@@H]1OP(=O)(O)OC. The quantitative estimate of drug-likeness (QED) is 0.176. The van der Waals surface area contributed by atoms with Crippen LogP contribution >= 0.6 is 7.82 Å². The van der Waals surface area contributed by atoms with Crippen LogP contribution in [0.3, 0.4) is 0 Å². The fourth-order valence-corrected chi connectivity index (χ4v) is 6.10. The van der Waals surface area contributed by atoms with Crippen LogP contribution in [0.15, 0.2) is 29.7 Å². The third-order valence-corrected chi connectivity index (χ3v) is 8.53. The Balaban J connectivity index is 1.32. The lowest BCUT2D eigenvalue weighted by atomic mass is 9.93. The summed E-state index contributed by atoms with van der Waals surface area (Å²) in [7, 11) is -0.856. The third kappa shape index (κ3) is 6.68. The van der Waals surface area contributed by atoms with Crippen LogP contribution in [0.4, 0.5) is 16.0 Å². The van der Waals surface area contributed by atoms with E-state index in [2.05, 4.69) is 29.8 Å². The number of fused-ring (bicyclic) bond motifs is 1. The molecule has 0 spiro atoms. The van der Waals surface area contributed by atoms with Crippen molar-refractivity contribution in [2.24, 2.45) is 5.92 Å². The highest BCUT2D eigenvalue weighted by Crippen LogP contribution is 2.48. The van der Waals surface area contributed by atoms with Crippen molar-refractivity contribution in [3.8, 4) is 0 Å². The van der Waals surface area contributed by atoms with Crippen molar-refractivity contribution in [3.63, 3.8) is 0 Å². The van der Waals surface area contributed by atoms with E-state index in [0.29, 0.717) is 11.2 Å². The number of anilines is 2. The predicted molar refractivity (Wildman–Crippen MR) is 151 cm³/mol. The van der Waals surface area contributed by atoms with Gasteiger partial charge in [-0.1, -0.05) is 0 Å². The Kier molecular flexibility index (Phi) is 9.75. The summed E-state index contributed by atoms with van der Waals surface area (Å²) in [6.45, 7) is -0.245. The molecule has 3 aromatic rings. The molecule has 0 aromatic carbocycles. The second-order valence-electron chi connectivity index (χ2n) is 10.2. The number of imidazole rings is 1. The van der Waals surface area contributed by atoms with Gasteiger partial charge in [0.2, 0.25) is 5.91 Å². The molecule has 2 aliphatic rings. The summed E-state index contributed by atoms with van der Waals surface area (Å²) in [6.07, 6.45) is -5.00. The van der Waals surface area contributed by atoms with Gasteiger partial charge >= 0.3 is 13.5 Å². The highest BCUT2D eigenvalue weighted by Gasteiger charge is 2.51. The Bertz CT molecular complexity index is 1630. The minimum atomic E-state index is -4.71. The summed E-state index contributed by atoms with van der Waals surface area (Å²) in [5.41, 5.74) is 11.3. The summed E-state index contributed by atoms with van der Waals surface area (Å²) >= 11 is 0. The third-order valence-electron chi connectivity index (χ3n) is 7.56. The maximum absolute atomic E-state index is 15.6. The lowest BCUT2D eigenvalue weighted by Crippen LogP contribution is -2.42. The molecule has 19 nitrogen and oxygen atoms in total. The van der Waals surface area contributed by atoms with E-state index in [-0.39, 0.29) is 31.2 Å². The molecular formula is C24H33FN9O10P. The summed E-state index contributed by atoms with van der Waals surface area (Å²) < 4.78 is 62.8. The number of nitrogens with two attached hydrogens (primary N) is 2. The second-order valence-corrected chi connectivity index (χ2v) is 11.8. The zero-order chi connectivity index (χ0) is 32.5. The number of halogens is 1. The minimum absolute atomic E-state index is 0.0987. The van der Waals surface area contributed by atoms with E-state index in [0.717, 1.165) is 17.9 Å². The molecule has 21 heteroatoms. The van der Waals surface area contributed by atoms with Crippen LogP contribution in [0.5, 0.6) is 0 Å². The number of nitrogens with one attached hydrogen (secondary N) is 1. The minimum Gasteiger partial charge on any atom is -0.383 e. The monoisotopic (exact) mass is 657 g/mol. The van der Waals surface area contributed by atoms with E-state index < -0.39 is 68.4 Å². The summed E-state index contributed by atoms with van der Waals surface area (Å²) in [5.74, 6) is -0.968. The molecule has 3 aromatic heterocycles. The van der Waals surface area contributed by atoms with Crippen molar-refractivity contribution >= 4 is 36.5 Å². The normalized spacial score (nSPS) is 29.6. The molecule has 2 aliphatic heterocycles. The number of hydrogen-bond donors (Lipinski definition) is 4. The maximum Gasteiger partial charge on any atom is 0.472 e. The Hall–Kier alpha value is -3.62. The number of phosphoric ester groups is 1. The van der Waals surface area contributed by atoms with Crippen molar-refractivity contribution in [3.05, 3.63) is 35.4 Å². The Morgan fingerprint density at radius 1 is 1.13 bits per heavy atom. The molecule has 246 valence electrons. The number of rotatable bonds is 12. The average Bonchev–Trinajstić information content (AvgIpc) is 3.67. The van der Waals surface area contributed by atoms with Gasteiger partial charge in [0.1, 0.15) is 36.0 Å². The molecular weight excluding hydrogens is 624 g/mol. The number of phosphoric acid groups is 1. The summed E-state index contributed by atoms with van der Waals surface area (Å²) in [4.78, 5) is 51.6. The van der Waals surface area contributed by atoms with Crippen LogP contribution in [0.2, 0.25) is 0 Å². The average molecular weight is 658 g/mol. The van der Waals surface area contributed by atoms with E-state index in [4.69, 9.17) is 34.9 Å². The van der Waals surface area contributed by atoms with E-state index >= 15 is 4.39 Å². The first kappa shape index (κ1) is 32.8. The van der Waals surface area contributed by atoms with Gasteiger partial charge in [0.25, 0.3) is 0 Å². The number of aromatic nitrogens is 6. The standard InChI is InChI=1S/C24H33FN9O10P/c1-39-8-13-11(18(40-2)23(43-13)34-10-31-17-20(27)29-9-30-21(17)34)6-15(35)28-7-12-19(44-45(37,38)41-3)16(25)22(42-12)33-5-4-14(26)32-24(33)36/h4-5,9-13,16,18-19,22-23H,6-8H2,1-3H3,(H,28,35)(H,37,38)(H2,26,32,36)(H2,27,29,30)/t11-,12-,13-,16-,18-,19-,22-,23-/m1/s1. The van der Waals surface area contributed by atoms with Gasteiger partial charge < -0.3 is 40.6 Å². The number of alkyl halides is 1. The molecule has 5 rings (SSSR count). The molecule has 0 aliphatic carbocycles. The van der Waals surface area contributed by atoms with Crippen LogP contribution < -0.4 is 22.5 Å². The Morgan fingerprint density at radius 3 is 2.58 bits per heavy atom. The van der Waals surface area contributed by atoms with Crippen LogP contribution in [0, 0.1) is 5.92 Å². The van der Waals surface area contributed by atoms with Crippen molar-refractivity contribution in [1.82, 2.24) is 34.4 Å². The Morgan fingerprint density at radius 2 is 1.89 bits per heavy atom. The number of carbonyl (C=O) groups is 1. The van der Waals surface area contributed by atoms with Gasteiger partial charge in [-0.25, -0.2) is 28.7 Å². The van der Waals surface area contributed by atoms with Gasteiger partial charge in [0.15, 0.2) is 30.1 Å². The van der Waals surface area contributed by atoms with Gasteiger partial charge in [-0.2, -0.15) is 4.98 Å². The molecule has 0 saturated carbocycles. The van der Waals surface area contributed by atoms with Crippen LogP contribution in [0.1, 0.15) is 18.9 Å². The van der Waals surface area contributed by atoms with E-state index in [1.54, 1.807) is 4.57 Å². The van der Waals surface area contributed by atoms with Crippen molar-refractivity contribution in [2.75, 3.05) is 45.9 Å². The number of ether oxygens (including phenoxy) is 4. The number of nitrogen functional groups attached to an aromatic ring is 2. The molecule has 0 bridgehead atoms. The highest BCUT2D eigenvalue weighted by molar-refractivity contribution is 7.47. The fraction of sp³-hybridized carbons (Fsp3) is 0.583. The molecule has 1 unspecified atom stereocenters. The number of amides is 1. The number of nitrogens with zero attached hydrogens (tertiary/aromatic N) is 6. The topological polar surface area (TPSA) is 252 Å². The lowest BCUT2D eigenvalue weighted by molar-refractivity contribution is -0.124. The molecule has 0 radical (unpaired) electrons. The van der Waals surface area contributed by atoms with Gasteiger partial charge in [-0.3, -0.25) is 23.0 Å². The molecule has 2 saturated heterocycles. The van der Waals surface area contributed by atoms with Crippen molar-refractivity contribution < 1.29 is 46.6 Å². The zero-order valence-corrected chi connectivity index (χ0v) is 25.2. The molecule has 9 atom stereocenters. The number of carbonyl (C=O) groups excluding carboxylic acids is 1. The van der Waals surface area contributed by atoms with Crippen LogP contribution in [-0.4, -0.2) is 105 Å². The van der Waals surface area contributed by atoms with E-state index in [1.807, 2.05) is 0 Å². The summed E-state index contributed by atoms with van der Waals surface area (Å²) in [6, 6.07) is 1.25. The molecule has 5 heterocycles. The predicted octanol–water partition coefficient (Wildman–Crippen LogP) is -0.704. The number of methoxy groups -OCH3 is 2. The van der Waals surface area contributed by atoms with Gasteiger partial charge in [-0.05, 0) is 6.07 Å². The molecule has 1 amide bonds. The second kappa shape index (κ2) is 13.4. The first-order valence-electron chi connectivity index (χ1n) is 13.6. The highest BCUT2D eigenvalue weighted by atomic mass is 31.2. The van der Waals surface area contributed by atoms with Gasteiger partial charge in [0.05, 0.1) is 19.0 Å². The van der Waals surface area contributed by atoms with Crippen molar-refractivity contribution in [2.45, 2.75) is 49.5 Å². The number of hydrogen-bond acceptors (Lipinski definition) is 15. The van der Waals surface area contributed by atoms with Crippen LogP contribution in [0.25, 0.3) is 11.2 Å². The molecule has 45 heavy (non-hydrogen) atoms. The lowest BCUT2D eigenvalue weighted by Gasteiger charge is -2.24. The molecule has 2 fully saturated rings. The first-order chi connectivity index (χ1) is 21.5. The Labute approximate surface area is 254 Å². The largest absolute Gasteiger partial charge is 0.472 e. The smallest absolute Gasteiger partial charge is 0.383 e. The van der Waals surface area contributed by atoms with E-state index in [1.165, 1.54) is 32.9 Å². The maximum atomic E-state index is 15.6. The van der Waals surface area contributed by atoms with Crippen molar-refractivity contribution in [1.29, 1.82) is 0 Å². The zero-order valence-electron chi connectivity index (χ0n) is 24.3. The van der Waals surface area contributed by atoms with Gasteiger partial charge in [0, 0.05) is 46.4 Å². The van der Waals surface area contributed by atoms with Crippen LogP contribution in [-0.2, 0) is 37.4 Å². The molecule has 6 N–H and O–H groups in total. The first-order valence-corrected chi connectivity index (χ1v) is 15.1. The fourth-order valence-electron chi connectivity index (χ4n) is 5.45.